The summed E-state index contributed by atoms with van der Waals surface area (Å²) < 4.78 is 13.1. The Kier molecular flexibility index (Phi) is 5.43. The van der Waals surface area contributed by atoms with Crippen LogP contribution in [0.1, 0.15) is 19.3 Å². The molecule has 0 aliphatic heterocycles. The summed E-state index contributed by atoms with van der Waals surface area (Å²) in [4.78, 5) is 4.35. The molecule has 4 heteroatoms. The lowest BCUT2D eigenvalue weighted by atomic mass is 10.1. The van der Waals surface area contributed by atoms with Gasteiger partial charge in [0.25, 0.3) is 6.01 Å². The van der Waals surface area contributed by atoms with E-state index in [2.05, 4.69) is 11.6 Å². The van der Waals surface area contributed by atoms with Crippen molar-refractivity contribution in [3.8, 4) is 23.0 Å². The number of hydrogen-bond donors (Lipinski definition) is 0. The minimum atomic E-state index is 0.634. The lowest BCUT2D eigenvalue weighted by molar-refractivity contribution is 0.275. The number of methoxy groups -OCH3 is 1. The Balaban J connectivity index is 2.08. The standard InChI is InChI=1S/C17H22N2O2/c1-4-5-6-9-12-21-17-18-13-15(19(17)2)14-10-7-8-11-16(14)20-3/h4,7-8,10-11,13H,1,5-6,9,12H2,2-3H3. The zero-order chi connectivity index (χ0) is 15.1. The van der Waals surface area contributed by atoms with Gasteiger partial charge in [-0.05, 0) is 31.4 Å². The molecule has 0 aliphatic carbocycles. The van der Waals surface area contributed by atoms with Crippen LogP contribution in [-0.4, -0.2) is 23.3 Å². The van der Waals surface area contributed by atoms with E-state index in [0.717, 1.165) is 36.3 Å². The number of para-hydroxylation sites is 1. The van der Waals surface area contributed by atoms with Crippen LogP contribution in [0.2, 0.25) is 0 Å². The first-order valence-electron chi connectivity index (χ1n) is 7.16. The summed E-state index contributed by atoms with van der Waals surface area (Å²) in [7, 11) is 3.63. The van der Waals surface area contributed by atoms with Crippen molar-refractivity contribution in [1.29, 1.82) is 0 Å². The van der Waals surface area contributed by atoms with Crippen LogP contribution in [0.4, 0.5) is 0 Å². The third kappa shape index (κ3) is 3.66. The molecule has 0 fully saturated rings. The third-order valence-corrected chi connectivity index (χ3v) is 3.36. The molecule has 2 aromatic rings. The van der Waals surface area contributed by atoms with E-state index in [1.165, 1.54) is 0 Å². The maximum atomic E-state index is 5.74. The van der Waals surface area contributed by atoms with Crippen LogP contribution in [0.3, 0.4) is 0 Å². The van der Waals surface area contributed by atoms with E-state index in [1.807, 2.05) is 48.2 Å². The monoisotopic (exact) mass is 286 g/mol. The topological polar surface area (TPSA) is 36.3 Å². The van der Waals surface area contributed by atoms with E-state index >= 15 is 0 Å². The van der Waals surface area contributed by atoms with Gasteiger partial charge in [-0.15, -0.1) is 6.58 Å². The van der Waals surface area contributed by atoms with E-state index in [0.29, 0.717) is 12.6 Å². The summed E-state index contributed by atoms with van der Waals surface area (Å²) in [6.07, 6.45) is 6.87. The van der Waals surface area contributed by atoms with Gasteiger partial charge in [0.1, 0.15) is 5.75 Å². The molecule has 0 atom stereocenters. The smallest absolute Gasteiger partial charge is 0.296 e. The summed E-state index contributed by atoms with van der Waals surface area (Å²) in [5.41, 5.74) is 1.99. The highest BCUT2D eigenvalue weighted by Gasteiger charge is 2.12. The van der Waals surface area contributed by atoms with Crippen molar-refractivity contribution in [3.63, 3.8) is 0 Å². The molecule has 2 rings (SSSR count). The van der Waals surface area contributed by atoms with Gasteiger partial charge in [0.05, 0.1) is 25.6 Å². The van der Waals surface area contributed by atoms with Crippen LogP contribution in [0.15, 0.2) is 43.1 Å². The maximum absolute atomic E-state index is 5.74. The number of rotatable bonds is 8. The average molecular weight is 286 g/mol. The SMILES string of the molecule is C=CCCCCOc1ncc(-c2ccccc2OC)n1C. The summed E-state index contributed by atoms with van der Waals surface area (Å²) in [5, 5.41) is 0. The molecule has 0 radical (unpaired) electrons. The van der Waals surface area contributed by atoms with Gasteiger partial charge < -0.3 is 9.47 Å². The van der Waals surface area contributed by atoms with Gasteiger partial charge in [0.15, 0.2) is 0 Å². The molecule has 21 heavy (non-hydrogen) atoms. The van der Waals surface area contributed by atoms with Crippen LogP contribution < -0.4 is 9.47 Å². The minimum absolute atomic E-state index is 0.634. The van der Waals surface area contributed by atoms with Crippen molar-refractivity contribution in [2.45, 2.75) is 19.3 Å². The molecule has 0 aliphatic rings. The number of benzene rings is 1. The molecule has 0 saturated carbocycles. The number of ether oxygens (including phenoxy) is 2. The van der Waals surface area contributed by atoms with Gasteiger partial charge in [-0.1, -0.05) is 18.2 Å². The molecular weight excluding hydrogens is 264 g/mol. The molecule has 1 aromatic carbocycles. The summed E-state index contributed by atoms with van der Waals surface area (Å²) in [5.74, 6) is 0.832. The number of aromatic nitrogens is 2. The molecular formula is C17H22N2O2. The van der Waals surface area contributed by atoms with Crippen LogP contribution in [0.25, 0.3) is 11.3 Å². The average Bonchev–Trinajstić information content (AvgIpc) is 2.88. The Morgan fingerprint density at radius 2 is 2.10 bits per heavy atom. The zero-order valence-corrected chi connectivity index (χ0v) is 12.7. The highest BCUT2D eigenvalue weighted by atomic mass is 16.5. The Hall–Kier alpha value is -2.23. The predicted octanol–water partition coefficient (Wildman–Crippen LogP) is 3.83. The molecule has 4 nitrogen and oxygen atoms in total. The second kappa shape index (κ2) is 7.53. The van der Waals surface area contributed by atoms with E-state index in [9.17, 15) is 0 Å². The second-order valence-electron chi connectivity index (χ2n) is 4.82. The van der Waals surface area contributed by atoms with Crippen LogP contribution in [0, 0.1) is 0 Å². The number of nitrogens with zero attached hydrogens (tertiary/aromatic N) is 2. The quantitative estimate of drug-likeness (QED) is 0.546. The van der Waals surface area contributed by atoms with Crippen molar-refractivity contribution in [2.24, 2.45) is 7.05 Å². The molecule has 0 amide bonds. The normalized spacial score (nSPS) is 10.4. The predicted molar refractivity (Wildman–Crippen MR) is 84.7 cm³/mol. The largest absolute Gasteiger partial charge is 0.496 e. The molecule has 1 heterocycles. The Morgan fingerprint density at radius 3 is 2.86 bits per heavy atom. The van der Waals surface area contributed by atoms with Crippen LogP contribution in [0.5, 0.6) is 11.8 Å². The lowest BCUT2D eigenvalue weighted by Crippen LogP contribution is -2.03. The Labute approximate surface area is 126 Å². The van der Waals surface area contributed by atoms with E-state index < -0.39 is 0 Å². The molecule has 0 spiro atoms. The molecule has 0 bridgehead atoms. The van der Waals surface area contributed by atoms with E-state index in [1.54, 1.807) is 7.11 Å². The van der Waals surface area contributed by atoms with Crippen LogP contribution in [-0.2, 0) is 7.05 Å². The number of unbranched alkanes of at least 4 members (excludes halogenated alkanes) is 2. The zero-order valence-electron chi connectivity index (χ0n) is 12.7. The molecule has 0 saturated heterocycles. The molecule has 1 aromatic heterocycles. The summed E-state index contributed by atoms with van der Waals surface area (Å²) in [6, 6.07) is 8.53. The van der Waals surface area contributed by atoms with E-state index in [4.69, 9.17) is 9.47 Å². The van der Waals surface area contributed by atoms with Gasteiger partial charge in [0.2, 0.25) is 0 Å². The second-order valence-corrected chi connectivity index (χ2v) is 4.82. The highest BCUT2D eigenvalue weighted by molar-refractivity contribution is 5.67. The number of imidazole rings is 1. The first-order chi connectivity index (χ1) is 10.3. The van der Waals surface area contributed by atoms with Gasteiger partial charge in [-0.25, -0.2) is 4.98 Å². The Bertz CT molecular complexity index is 590. The fourth-order valence-electron chi connectivity index (χ4n) is 2.19. The first kappa shape index (κ1) is 15.2. The molecule has 0 N–H and O–H groups in total. The minimum Gasteiger partial charge on any atom is -0.496 e. The first-order valence-corrected chi connectivity index (χ1v) is 7.16. The van der Waals surface area contributed by atoms with Crippen molar-refractivity contribution in [2.75, 3.05) is 13.7 Å². The number of allylic oxidation sites excluding steroid dienone is 1. The summed E-state index contributed by atoms with van der Waals surface area (Å²) in [6.45, 7) is 4.39. The van der Waals surface area contributed by atoms with Gasteiger partial charge >= 0.3 is 0 Å². The highest BCUT2D eigenvalue weighted by Crippen LogP contribution is 2.31. The fourth-order valence-corrected chi connectivity index (χ4v) is 2.19. The van der Waals surface area contributed by atoms with Crippen molar-refractivity contribution in [1.82, 2.24) is 9.55 Å². The van der Waals surface area contributed by atoms with Gasteiger partial charge in [0, 0.05) is 12.6 Å². The lowest BCUT2D eigenvalue weighted by Gasteiger charge is -2.10. The number of hydrogen-bond acceptors (Lipinski definition) is 3. The van der Waals surface area contributed by atoms with Crippen molar-refractivity contribution in [3.05, 3.63) is 43.1 Å². The van der Waals surface area contributed by atoms with E-state index in [-0.39, 0.29) is 0 Å². The van der Waals surface area contributed by atoms with Crippen molar-refractivity contribution < 1.29 is 9.47 Å². The molecule has 112 valence electrons. The summed E-state index contributed by atoms with van der Waals surface area (Å²) >= 11 is 0. The van der Waals surface area contributed by atoms with Crippen molar-refractivity contribution >= 4 is 0 Å². The van der Waals surface area contributed by atoms with Gasteiger partial charge in [-0.2, -0.15) is 0 Å². The Morgan fingerprint density at radius 1 is 1.29 bits per heavy atom. The van der Waals surface area contributed by atoms with Gasteiger partial charge in [-0.3, -0.25) is 4.57 Å². The fraction of sp³-hybridized carbons (Fsp3) is 0.353. The molecule has 0 unspecified atom stereocenters. The van der Waals surface area contributed by atoms with Crippen LogP contribution >= 0.6 is 0 Å². The third-order valence-electron chi connectivity index (χ3n) is 3.36. The maximum Gasteiger partial charge on any atom is 0.296 e.